The monoisotopic (exact) mass is 249 g/mol. The lowest BCUT2D eigenvalue weighted by Gasteiger charge is -2.22. The molecule has 3 rings (SSSR count). The largest absolute Gasteiger partial charge is 0.381 e. The van der Waals surface area contributed by atoms with E-state index in [1.807, 2.05) is 6.07 Å². The summed E-state index contributed by atoms with van der Waals surface area (Å²) >= 11 is 0. The van der Waals surface area contributed by atoms with Gasteiger partial charge in [-0.3, -0.25) is 0 Å². The molecule has 0 spiro atoms. The molecule has 96 valence electrons. The van der Waals surface area contributed by atoms with E-state index in [0.717, 1.165) is 26.2 Å². The Bertz CT molecular complexity index is 584. The lowest BCUT2D eigenvalue weighted by Crippen LogP contribution is -2.25. The summed E-state index contributed by atoms with van der Waals surface area (Å²) in [6.45, 7) is 2.47. The molecule has 1 aliphatic rings. The van der Waals surface area contributed by atoms with Gasteiger partial charge >= 0.3 is 5.69 Å². The van der Waals surface area contributed by atoms with Crippen LogP contribution in [0.5, 0.6) is 0 Å². The maximum absolute atomic E-state index is 11.4. The zero-order chi connectivity index (χ0) is 12.4. The van der Waals surface area contributed by atoms with Crippen molar-refractivity contribution in [1.82, 2.24) is 19.8 Å². The van der Waals surface area contributed by atoms with Crippen LogP contribution in [0.25, 0.3) is 5.65 Å². The van der Waals surface area contributed by atoms with Crippen molar-refractivity contribution >= 4 is 11.5 Å². The van der Waals surface area contributed by atoms with Gasteiger partial charge < -0.3 is 10.1 Å². The molecular formula is C11H15N5O2. The zero-order valence-corrected chi connectivity index (χ0v) is 9.93. The van der Waals surface area contributed by atoms with Crippen molar-refractivity contribution in [3.63, 3.8) is 0 Å². The van der Waals surface area contributed by atoms with E-state index in [4.69, 9.17) is 4.74 Å². The summed E-state index contributed by atoms with van der Waals surface area (Å²) in [6.07, 6.45) is 2.28. The Hall–Kier alpha value is -1.89. The summed E-state index contributed by atoms with van der Waals surface area (Å²) in [4.78, 5) is 11.4. The lowest BCUT2D eigenvalue weighted by molar-refractivity contribution is 0.0594. The minimum absolute atomic E-state index is 0.324. The van der Waals surface area contributed by atoms with Gasteiger partial charge in [-0.15, -0.1) is 5.10 Å². The minimum Gasteiger partial charge on any atom is -0.381 e. The van der Waals surface area contributed by atoms with Gasteiger partial charge in [0.05, 0.1) is 6.61 Å². The van der Waals surface area contributed by atoms with Crippen LogP contribution in [-0.4, -0.2) is 39.6 Å². The number of nitrogens with zero attached hydrogens (tertiary/aromatic N) is 3. The van der Waals surface area contributed by atoms with E-state index in [9.17, 15) is 4.79 Å². The highest BCUT2D eigenvalue weighted by molar-refractivity contribution is 5.42. The molecule has 3 heterocycles. The lowest BCUT2D eigenvalue weighted by atomic mass is 10.0. The highest BCUT2D eigenvalue weighted by Gasteiger charge is 2.13. The van der Waals surface area contributed by atoms with Gasteiger partial charge in [-0.05, 0) is 30.9 Å². The topological polar surface area (TPSA) is 84.3 Å². The Balaban J connectivity index is 1.70. The van der Waals surface area contributed by atoms with E-state index in [2.05, 4.69) is 20.6 Å². The molecule has 2 N–H and O–H groups in total. The first-order chi connectivity index (χ1) is 8.83. The number of nitrogens with one attached hydrogen (secondary N) is 2. The van der Waals surface area contributed by atoms with E-state index in [0.29, 0.717) is 17.4 Å². The van der Waals surface area contributed by atoms with Crippen molar-refractivity contribution in [2.75, 3.05) is 25.1 Å². The molecular weight excluding hydrogens is 234 g/mol. The molecule has 7 heteroatoms. The number of fused-ring (bicyclic) bond motifs is 1. The van der Waals surface area contributed by atoms with E-state index >= 15 is 0 Å². The fraction of sp³-hybridized carbons (Fsp3) is 0.545. The third-order valence-electron chi connectivity index (χ3n) is 3.10. The van der Waals surface area contributed by atoms with Gasteiger partial charge in [-0.1, -0.05) is 0 Å². The molecule has 18 heavy (non-hydrogen) atoms. The van der Waals surface area contributed by atoms with Crippen molar-refractivity contribution in [3.05, 3.63) is 22.6 Å². The van der Waals surface area contributed by atoms with Gasteiger partial charge in [-0.2, -0.15) is 9.61 Å². The molecule has 1 saturated heterocycles. The standard InChI is InChI=1S/C11H15N5O2/c17-11-14-13-10-4-3-9(15-16(10)11)12-6-8-2-1-5-18-7-8/h3-4,8H,1-2,5-7H2,(H,12,15)(H,14,17). The van der Waals surface area contributed by atoms with Gasteiger partial charge in [0.15, 0.2) is 5.65 Å². The van der Waals surface area contributed by atoms with Gasteiger partial charge in [0.1, 0.15) is 5.82 Å². The highest BCUT2D eigenvalue weighted by atomic mass is 16.5. The molecule has 7 nitrogen and oxygen atoms in total. The molecule has 0 aromatic carbocycles. The van der Waals surface area contributed by atoms with Crippen LogP contribution in [0, 0.1) is 5.92 Å². The summed E-state index contributed by atoms with van der Waals surface area (Å²) in [6, 6.07) is 3.57. The van der Waals surface area contributed by atoms with Gasteiger partial charge in [-0.25, -0.2) is 9.89 Å². The fourth-order valence-electron chi connectivity index (χ4n) is 2.11. The third-order valence-corrected chi connectivity index (χ3v) is 3.10. The molecule has 1 unspecified atom stereocenters. The summed E-state index contributed by atoms with van der Waals surface area (Å²) in [5.41, 5.74) is 0.196. The molecule has 2 aromatic heterocycles. The molecule has 0 bridgehead atoms. The van der Waals surface area contributed by atoms with Crippen molar-refractivity contribution < 1.29 is 4.74 Å². The Labute approximate surface area is 103 Å². The SMILES string of the molecule is O=c1[nH]nc2ccc(NCC3CCCOC3)nn12. The number of hydrogen-bond acceptors (Lipinski definition) is 5. The highest BCUT2D eigenvalue weighted by Crippen LogP contribution is 2.14. The van der Waals surface area contributed by atoms with Crippen LogP contribution in [0.1, 0.15) is 12.8 Å². The summed E-state index contributed by atoms with van der Waals surface area (Å²) in [5.74, 6) is 1.19. The van der Waals surface area contributed by atoms with E-state index in [1.165, 1.54) is 10.9 Å². The maximum atomic E-state index is 11.4. The number of hydrogen-bond donors (Lipinski definition) is 2. The number of rotatable bonds is 3. The number of aromatic nitrogens is 4. The van der Waals surface area contributed by atoms with Crippen LogP contribution in [-0.2, 0) is 4.74 Å². The average molecular weight is 249 g/mol. The van der Waals surface area contributed by atoms with Crippen LogP contribution in [0.15, 0.2) is 16.9 Å². The number of H-pyrrole nitrogens is 1. The van der Waals surface area contributed by atoms with Crippen LogP contribution >= 0.6 is 0 Å². The van der Waals surface area contributed by atoms with E-state index in [-0.39, 0.29) is 5.69 Å². The zero-order valence-electron chi connectivity index (χ0n) is 9.93. The molecule has 0 saturated carbocycles. The van der Waals surface area contributed by atoms with Crippen LogP contribution < -0.4 is 11.0 Å². The van der Waals surface area contributed by atoms with Crippen molar-refractivity contribution in [2.45, 2.75) is 12.8 Å². The van der Waals surface area contributed by atoms with Crippen LogP contribution in [0.4, 0.5) is 5.82 Å². The molecule has 2 aromatic rings. The molecule has 1 aliphatic heterocycles. The van der Waals surface area contributed by atoms with Gasteiger partial charge in [0.2, 0.25) is 0 Å². The minimum atomic E-state index is -0.324. The summed E-state index contributed by atoms with van der Waals surface area (Å²) < 4.78 is 6.67. The second-order valence-electron chi connectivity index (χ2n) is 4.48. The molecule has 1 atom stereocenters. The first-order valence-electron chi connectivity index (χ1n) is 6.09. The first-order valence-corrected chi connectivity index (χ1v) is 6.09. The van der Waals surface area contributed by atoms with E-state index in [1.54, 1.807) is 6.07 Å². The number of aromatic amines is 1. The Morgan fingerprint density at radius 3 is 3.33 bits per heavy atom. The van der Waals surface area contributed by atoms with Crippen molar-refractivity contribution in [1.29, 1.82) is 0 Å². The third kappa shape index (κ3) is 2.21. The Morgan fingerprint density at radius 2 is 2.50 bits per heavy atom. The van der Waals surface area contributed by atoms with E-state index < -0.39 is 0 Å². The normalized spacial score (nSPS) is 20.1. The predicted molar refractivity (Wildman–Crippen MR) is 65.6 cm³/mol. The summed E-state index contributed by atoms with van der Waals surface area (Å²) in [7, 11) is 0. The second-order valence-corrected chi connectivity index (χ2v) is 4.48. The fourth-order valence-corrected chi connectivity index (χ4v) is 2.11. The van der Waals surface area contributed by atoms with Crippen molar-refractivity contribution in [2.24, 2.45) is 5.92 Å². The smallest absolute Gasteiger partial charge is 0.364 e. The quantitative estimate of drug-likeness (QED) is 0.815. The average Bonchev–Trinajstić information content (AvgIpc) is 2.79. The molecule has 0 amide bonds. The number of anilines is 1. The predicted octanol–water partition coefficient (Wildman–Crippen LogP) is 0.256. The molecule has 1 fully saturated rings. The van der Waals surface area contributed by atoms with Crippen molar-refractivity contribution in [3.8, 4) is 0 Å². The maximum Gasteiger partial charge on any atom is 0.364 e. The first kappa shape index (κ1) is 11.2. The molecule has 0 radical (unpaired) electrons. The Morgan fingerprint density at radius 1 is 1.56 bits per heavy atom. The number of ether oxygens (including phenoxy) is 1. The second kappa shape index (κ2) is 4.77. The Kier molecular flexibility index (Phi) is 2.97. The summed E-state index contributed by atoms with van der Waals surface area (Å²) in [5, 5.41) is 13.6. The van der Waals surface area contributed by atoms with Gasteiger partial charge in [0, 0.05) is 13.2 Å². The van der Waals surface area contributed by atoms with Gasteiger partial charge in [0.25, 0.3) is 0 Å². The van der Waals surface area contributed by atoms with Crippen LogP contribution in [0.2, 0.25) is 0 Å². The van der Waals surface area contributed by atoms with Crippen LogP contribution in [0.3, 0.4) is 0 Å². The molecule has 0 aliphatic carbocycles.